The summed E-state index contributed by atoms with van der Waals surface area (Å²) in [6.45, 7) is 15.3. The number of hydrogen-bond donors (Lipinski definition) is 0. The first-order valence-corrected chi connectivity index (χ1v) is 20.1. The van der Waals surface area contributed by atoms with Crippen molar-refractivity contribution in [2.75, 3.05) is 26.2 Å². The summed E-state index contributed by atoms with van der Waals surface area (Å²) in [4.78, 5) is 0. The quantitative estimate of drug-likeness (QED) is 0.0512. The first kappa shape index (κ1) is 41.0. The third-order valence-electron chi connectivity index (χ3n) is 9.94. The maximum atomic E-state index is 2.34. The molecule has 0 aliphatic carbocycles. The molecule has 0 aromatic rings. The Balaban J connectivity index is 4.74. The molecule has 0 aromatic heterocycles. The lowest BCUT2D eigenvalue weighted by Crippen LogP contribution is -2.50. The van der Waals surface area contributed by atoms with E-state index in [9.17, 15) is 0 Å². The van der Waals surface area contributed by atoms with E-state index in [4.69, 9.17) is 0 Å². The van der Waals surface area contributed by atoms with Gasteiger partial charge in [-0.05, 0) is 51.4 Å². The predicted molar refractivity (Wildman–Crippen MR) is 190 cm³/mol. The van der Waals surface area contributed by atoms with Crippen LogP contribution in [0.2, 0.25) is 0 Å². The van der Waals surface area contributed by atoms with Gasteiger partial charge in [-0.15, -0.1) is 0 Å². The fraction of sp³-hybridized carbons (Fsp3) is 1.00. The third kappa shape index (κ3) is 29.8. The van der Waals surface area contributed by atoms with Crippen LogP contribution in [0.25, 0.3) is 0 Å². The zero-order valence-corrected chi connectivity index (χ0v) is 29.9. The van der Waals surface area contributed by atoms with Gasteiger partial charge in [0.05, 0.1) is 26.2 Å². The van der Waals surface area contributed by atoms with Crippen LogP contribution >= 0.6 is 0 Å². The zero-order chi connectivity index (χ0) is 30.0. The van der Waals surface area contributed by atoms with Crippen molar-refractivity contribution in [1.82, 2.24) is 0 Å². The Morgan fingerprint density at radius 3 is 0.512 bits per heavy atom. The summed E-state index contributed by atoms with van der Waals surface area (Å²) in [5.74, 6) is 0. The number of nitrogens with zero attached hydrogens (tertiary/aromatic N) is 1. The average molecular weight is 579 g/mol. The van der Waals surface area contributed by atoms with E-state index >= 15 is 0 Å². The second-order valence-electron chi connectivity index (χ2n) is 14.1. The molecule has 0 spiro atoms. The maximum absolute atomic E-state index is 2.34. The van der Waals surface area contributed by atoms with E-state index in [-0.39, 0.29) is 0 Å². The molecule has 0 atom stereocenters. The Morgan fingerprint density at radius 2 is 0.341 bits per heavy atom. The molecule has 0 aromatic carbocycles. The van der Waals surface area contributed by atoms with Crippen molar-refractivity contribution < 1.29 is 4.48 Å². The van der Waals surface area contributed by atoms with E-state index in [2.05, 4.69) is 27.7 Å². The van der Waals surface area contributed by atoms with E-state index in [0.29, 0.717) is 0 Å². The standard InChI is InChI=1S/C40H84N/c1-5-9-13-17-21-22-23-24-28-32-36-40-41(37-33-29-25-18-14-10-6-2,38-34-30-26-19-15-11-7-3)39-35-31-27-20-16-12-8-4/h5-40H2,1-4H3/q+1. The van der Waals surface area contributed by atoms with E-state index in [0.717, 1.165) is 0 Å². The van der Waals surface area contributed by atoms with Gasteiger partial charge in [-0.1, -0.05) is 182 Å². The minimum Gasteiger partial charge on any atom is -0.324 e. The van der Waals surface area contributed by atoms with Gasteiger partial charge in [-0.3, -0.25) is 0 Å². The summed E-state index contributed by atoms with van der Waals surface area (Å²) < 4.78 is 1.48. The van der Waals surface area contributed by atoms with Gasteiger partial charge >= 0.3 is 0 Å². The topological polar surface area (TPSA) is 0 Å². The summed E-state index contributed by atoms with van der Waals surface area (Å²) in [5.41, 5.74) is 0. The molecule has 0 unspecified atom stereocenters. The molecule has 0 saturated heterocycles. The molecule has 0 aliphatic heterocycles. The molecular formula is C40H84N+. The van der Waals surface area contributed by atoms with Crippen molar-refractivity contribution in [3.8, 4) is 0 Å². The average Bonchev–Trinajstić information content (AvgIpc) is 2.98. The van der Waals surface area contributed by atoms with Crippen molar-refractivity contribution in [3.63, 3.8) is 0 Å². The molecule has 0 amide bonds. The van der Waals surface area contributed by atoms with E-state index in [1.54, 1.807) is 0 Å². The molecule has 0 N–H and O–H groups in total. The number of unbranched alkanes of at least 4 members (excludes halogenated alkanes) is 28. The van der Waals surface area contributed by atoms with Crippen LogP contribution < -0.4 is 0 Å². The van der Waals surface area contributed by atoms with Gasteiger partial charge in [0.2, 0.25) is 0 Å². The van der Waals surface area contributed by atoms with E-state index in [1.165, 1.54) is 236 Å². The Hall–Kier alpha value is -0.0400. The monoisotopic (exact) mass is 579 g/mol. The molecule has 1 nitrogen and oxygen atoms in total. The van der Waals surface area contributed by atoms with Gasteiger partial charge in [0.1, 0.15) is 0 Å². The van der Waals surface area contributed by atoms with Crippen LogP contribution in [0.1, 0.15) is 233 Å². The van der Waals surface area contributed by atoms with Crippen LogP contribution in [0.5, 0.6) is 0 Å². The highest BCUT2D eigenvalue weighted by atomic mass is 15.3. The Morgan fingerprint density at radius 1 is 0.195 bits per heavy atom. The van der Waals surface area contributed by atoms with Crippen molar-refractivity contribution in [3.05, 3.63) is 0 Å². The molecule has 0 rings (SSSR count). The van der Waals surface area contributed by atoms with Crippen LogP contribution in [-0.4, -0.2) is 30.7 Å². The summed E-state index contributed by atoms with van der Waals surface area (Å²) in [6, 6.07) is 0. The lowest BCUT2D eigenvalue weighted by Gasteiger charge is -2.40. The number of rotatable bonds is 36. The SMILES string of the molecule is CCCCCCCCCCCCC[N+](CCCCCCCCC)(CCCCCCCCC)CCCCCCCCC. The summed E-state index contributed by atoms with van der Waals surface area (Å²) in [6.07, 6.45) is 46.7. The minimum absolute atomic E-state index is 1.37. The van der Waals surface area contributed by atoms with E-state index < -0.39 is 0 Å². The van der Waals surface area contributed by atoms with Crippen molar-refractivity contribution >= 4 is 0 Å². The molecule has 0 aliphatic rings. The third-order valence-corrected chi connectivity index (χ3v) is 9.94. The molecule has 0 heterocycles. The van der Waals surface area contributed by atoms with Gasteiger partial charge in [-0.25, -0.2) is 0 Å². The van der Waals surface area contributed by atoms with Gasteiger partial charge < -0.3 is 4.48 Å². The minimum atomic E-state index is 1.37. The molecule has 1 heteroatoms. The maximum Gasteiger partial charge on any atom is 0.0786 e. The highest BCUT2D eigenvalue weighted by Gasteiger charge is 2.25. The number of hydrogen-bond acceptors (Lipinski definition) is 0. The molecule has 0 fully saturated rings. The molecule has 0 radical (unpaired) electrons. The van der Waals surface area contributed by atoms with Gasteiger partial charge in [-0.2, -0.15) is 0 Å². The molecule has 248 valence electrons. The molecule has 41 heavy (non-hydrogen) atoms. The first-order chi connectivity index (χ1) is 20.2. The normalized spacial score (nSPS) is 12.0. The zero-order valence-electron chi connectivity index (χ0n) is 29.9. The second-order valence-corrected chi connectivity index (χ2v) is 14.1. The largest absolute Gasteiger partial charge is 0.324 e. The summed E-state index contributed by atoms with van der Waals surface area (Å²) >= 11 is 0. The van der Waals surface area contributed by atoms with Crippen LogP contribution in [0.3, 0.4) is 0 Å². The molecule has 0 saturated carbocycles. The fourth-order valence-corrected chi connectivity index (χ4v) is 7.00. The van der Waals surface area contributed by atoms with Crippen LogP contribution in [0, 0.1) is 0 Å². The van der Waals surface area contributed by atoms with Crippen molar-refractivity contribution in [2.24, 2.45) is 0 Å². The van der Waals surface area contributed by atoms with Crippen LogP contribution in [0.15, 0.2) is 0 Å². The van der Waals surface area contributed by atoms with Gasteiger partial charge in [0.15, 0.2) is 0 Å². The molecular weight excluding hydrogens is 494 g/mol. The molecule has 0 bridgehead atoms. The van der Waals surface area contributed by atoms with Crippen LogP contribution in [0.4, 0.5) is 0 Å². The lowest BCUT2D eigenvalue weighted by atomic mass is 10.0. The predicted octanol–water partition coefficient (Wildman–Crippen LogP) is 14.4. The Bertz CT molecular complexity index is 412. The number of quaternary nitrogens is 1. The highest BCUT2D eigenvalue weighted by molar-refractivity contribution is 4.56. The van der Waals surface area contributed by atoms with Crippen molar-refractivity contribution in [1.29, 1.82) is 0 Å². The second kappa shape index (κ2) is 34.5. The lowest BCUT2D eigenvalue weighted by molar-refractivity contribution is -0.929. The van der Waals surface area contributed by atoms with Crippen LogP contribution in [-0.2, 0) is 0 Å². The first-order valence-electron chi connectivity index (χ1n) is 20.1. The fourth-order valence-electron chi connectivity index (χ4n) is 7.00. The van der Waals surface area contributed by atoms with Crippen molar-refractivity contribution in [2.45, 2.75) is 233 Å². The highest BCUT2D eigenvalue weighted by Crippen LogP contribution is 2.21. The van der Waals surface area contributed by atoms with E-state index in [1.807, 2.05) is 0 Å². The summed E-state index contributed by atoms with van der Waals surface area (Å²) in [5, 5.41) is 0. The Kier molecular flexibility index (Phi) is 34.4. The van der Waals surface area contributed by atoms with Gasteiger partial charge in [0, 0.05) is 0 Å². The smallest absolute Gasteiger partial charge is 0.0786 e. The van der Waals surface area contributed by atoms with Gasteiger partial charge in [0.25, 0.3) is 0 Å². The Labute approximate surface area is 263 Å². The summed E-state index contributed by atoms with van der Waals surface area (Å²) in [7, 11) is 0.